The quantitative estimate of drug-likeness (QED) is 0.167. The first kappa shape index (κ1) is 33.9. The van der Waals surface area contributed by atoms with Crippen molar-refractivity contribution < 1.29 is 9.47 Å². The van der Waals surface area contributed by atoms with Crippen molar-refractivity contribution in [3.63, 3.8) is 0 Å². The number of fused-ring (bicyclic) bond motifs is 11. The summed E-state index contributed by atoms with van der Waals surface area (Å²) in [5, 5.41) is 4.87. The molecule has 59 heavy (non-hydrogen) atoms. The van der Waals surface area contributed by atoms with Gasteiger partial charge >= 0.3 is 0 Å². The average molecular weight is 762 g/mol. The molecule has 0 saturated carbocycles. The number of anilines is 3. The van der Waals surface area contributed by atoms with Crippen LogP contribution in [0.4, 0.5) is 17.1 Å². The topological polar surface area (TPSA) is 31.6 Å². The third kappa shape index (κ3) is 4.93. The third-order valence-electron chi connectivity index (χ3n) is 12.6. The van der Waals surface area contributed by atoms with Crippen molar-refractivity contribution in [2.45, 2.75) is 26.2 Å². The molecule has 0 atom stereocenters. The summed E-state index contributed by atoms with van der Waals surface area (Å²) >= 11 is 0. The number of para-hydroxylation sites is 5. The summed E-state index contributed by atoms with van der Waals surface area (Å²) in [6.45, 7) is 6.70. The first-order valence-electron chi connectivity index (χ1n) is 20.4. The second-order valence-corrected chi connectivity index (χ2v) is 17.0. The zero-order chi connectivity index (χ0) is 39.6. The van der Waals surface area contributed by atoms with E-state index in [0.717, 1.165) is 78.7 Å². The molecule has 0 N–H and O–H groups in total. The maximum atomic E-state index is 7.39. The van der Waals surface area contributed by atoms with E-state index in [1.54, 1.807) is 0 Å². The third-order valence-corrected chi connectivity index (χ3v) is 12.6. The fourth-order valence-electron chi connectivity index (χ4n) is 9.88. The van der Waals surface area contributed by atoms with Crippen LogP contribution in [0, 0.1) is 0 Å². The molecule has 6 heteroatoms. The highest BCUT2D eigenvalue weighted by molar-refractivity contribution is 6.99. The number of rotatable bonds is 4. The van der Waals surface area contributed by atoms with Gasteiger partial charge < -0.3 is 23.5 Å². The first-order chi connectivity index (χ1) is 28.8. The van der Waals surface area contributed by atoms with E-state index < -0.39 is 0 Å². The molecule has 0 radical (unpaired) electrons. The van der Waals surface area contributed by atoms with E-state index in [2.05, 4.69) is 212 Å². The van der Waals surface area contributed by atoms with Crippen LogP contribution in [-0.2, 0) is 12.5 Å². The molecular weight excluding hydrogens is 721 g/mol. The van der Waals surface area contributed by atoms with E-state index in [9.17, 15) is 0 Å². The van der Waals surface area contributed by atoms with Crippen molar-refractivity contribution in [1.29, 1.82) is 0 Å². The minimum Gasteiger partial charge on any atom is -0.458 e. The SMILES string of the molecule is Cn1c2ccccc2c2c(-n3c4ccccc4c4ccccc43)cc3c(c21)B1c2cc(C(C)(C)C)ccc2Oc2cc(N(c4ccccc4)c4ccccc4)cc(c21)O3. The Hall–Kier alpha value is -7.18. The van der Waals surface area contributed by atoms with E-state index in [1.165, 1.54) is 32.6 Å². The predicted molar refractivity (Wildman–Crippen MR) is 246 cm³/mol. The maximum absolute atomic E-state index is 7.39. The Labute approximate surface area is 343 Å². The van der Waals surface area contributed by atoms with E-state index >= 15 is 0 Å². The zero-order valence-corrected chi connectivity index (χ0v) is 33.4. The number of aromatic nitrogens is 2. The molecule has 2 aromatic heterocycles. The number of nitrogens with zero attached hydrogens (tertiary/aromatic N) is 3. The minimum absolute atomic E-state index is 0.0583. The Kier molecular flexibility index (Phi) is 7.14. The molecule has 282 valence electrons. The molecule has 2 aliphatic rings. The molecule has 0 amide bonds. The zero-order valence-electron chi connectivity index (χ0n) is 33.4. The normalized spacial score (nSPS) is 13.0. The first-order valence-corrected chi connectivity index (χ1v) is 20.4. The smallest absolute Gasteiger partial charge is 0.263 e. The Morgan fingerprint density at radius 1 is 0.492 bits per heavy atom. The summed E-state index contributed by atoms with van der Waals surface area (Å²) in [4.78, 5) is 2.28. The summed E-state index contributed by atoms with van der Waals surface area (Å²) in [5.41, 5.74) is 13.4. The lowest BCUT2D eigenvalue weighted by Gasteiger charge is -2.36. The summed E-state index contributed by atoms with van der Waals surface area (Å²) < 4.78 is 19.3. The van der Waals surface area contributed by atoms with Crippen molar-refractivity contribution in [3.8, 4) is 28.7 Å². The van der Waals surface area contributed by atoms with Crippen LogP contribution < -0.4 is 30.8 Å². The summed E-state index contributed by atoms with van der Waals surface area (Å²) in [7, 11) is 2.21. The second kappa shape index (κ2) is 12.4. The fourth-order valence-corrected chi connectivity index (χ4v) is 9.88. The van der Waals surface area contributed by atoms with Gasteiger partial charge in [0.25, 0.3) is 6.71 Å². The molecule has 0 spiro atoms. The van der Waals surface area contributed by atoms with Gasteiger partial charge in [0.2, 0.25) is 0 Å². The van der Waals surface area contributed by atoms with Crippen LogP contribution >= 0.6 is 0 Å². The predicted octanol–water partition coefficient (Wildman–Crippen LogP) is 11.9. The van der Waals surface area contributed by atoms with Crippen LogP contribution in [0.5, 0.6) is 23.0 Å². The van der Waals surface area contributed by atoms with Crippen LogP contribution in [0.15, 0.2) is 170 Å². The molecule has 5 nitrogen and oxygen atoms in total. The standard InChI is InChI=1S/C53H40BN3O2/c1-53(2,3)33-27-28-45-40(29-33)54-50-46(58-45)30-36(56(34-17-7-5-8-18-34)35-19-9-6-10-20-35)31-47(50)59-48-32-44(49-39-23-13-14-24-41(39)55(4)52(49)51(48)54)57-42-25-15-11-21-37(42)38-22-12-16-26-43(38)57/h5-32H,1-4H3. The van der Waals surface area contributed by atoms with Crippen LogP contribution in [0.1, 0.15) is 26.3 Å². The molecule has 12 rings (SSSR count). The van der Waals surface area contributed by atoms with Gasteiger partial charge in [-0.2, -0.15) is 0 Å². The molecule has 4 heterocycles. The van der Waals surface area contributed by atoms with Gasteiger partial charge in [-0.05, 0) is 70.4 Å². The van der Waals surface area contributed by atoms with Crippen molar-refractivity contribution in [2.24, 2.45) is 7.05 Å². The summed E-state index contributed by atoms with van der Waals surface area (Å²) in [5.74, 6) is 3.32. The van der Waals surface area contributed by atoms with E-state index in [4.69, 9.17) is 9.47 Å². The van der Waals surface area contributed by atoms with Crippen molar-refractivity contribution in [3.05, 3.63) is 175 Å². The van der Waals surface area contributed by atoms with Gasteiger partial charge in [0.05, 0.1) is 22.4 Å². The Balaban J connectivity index is 1.20. The molecular formula is C53H40BN3O2. The number of aryl methyl sites for hydroxylation is 1. The lowest BCUT2D eigenvalue weighted by atomic mass is 9.34. The lowest BCUT2D eigenvalue weighted by Crippen LogP contribution is -2.58. The van der Waals surface area contributed by atoms with Crippen LogP contribution in [0.3, 0.4) is 0 Å². The van der Waals surface area contributed by atoms with Crippen molar-refractivity contribution in [2.75, 3.05) is 4.90 Å². The van der Waals surface area contributed by atoms with Gasteiger partial charge in [-0.3, -0.25) is 0 Å². The van der Waals surface area contributed by atoms with Gasteiger partial charge in [0.1, 0.15) is 23.0 Å². The number of hydrogen-bond donors (Lipinski definition) is 0. The highest BCUT2D eigenvalue weighted by Gasteiger charge is 2.44. The van der Waals surface area contributed by atoms with Gasteiger partial charge in [0.15, 0.2) is 0 Å². The molecule has 0 bridgehead atoms. The van der Waals surface area contributed by atoms with Crippen LogP contribution in [0.2, 0.25) is 0 Å². The van der Waals surface area contributed by atoms with Crippen molar-refractivity contribution >= 4 is 83.8 Å². The van der Waals surface area contributed by atoms with Crippen molar-refractivity contribution in [1.82, 2.24) is 9.13 Å². The van der Waals surface area contributed by atoms with E-state index in [-0.39, 0.29) is 12.1 Å². The molecule has 2 aliphatic heterocycles. The lowest BCUT2D eigenvalue weighted by molar-refractivity contribution is 0.464. The number of ether oxygens (including phenoxy) is 2. The van der Waals surface area contributed by atoms with Gasteiger partial charge in [-0.25, -0.2) is 0 Å². The summed E-state index contributed by atoms with van der Waals surface area (Å²) in [6.07, 6.45) is 0. The van der Waals surface area contributed by atoms with Gasteiger partial charge in [-0.15, -0.1) is 0 Å². The van der Waals surface area contributed by atoms with E-state index in [1.807, 2.05) is 0 Å². The maximum Gasteiger partial charge on any atom is 0.263 e. The highest BCUT2D eigenvalue weighted by Crippen LogP contribution is 2.46. The number of benzene rings is 8. The Morgan fingerprint density at radius 3 is 1.63 bits per heavy atom. The fraction of sp³-hybridized carbons (Fsp3) is 0.0943. The minimum atomic E-state index is -0.150. The second-order valence-electron chi connectivity index (χ2n) is 17.0. The van der Waals surface area contributed by atoms with Gasteiger partial charge in [-0.1, -0.05) is 124 Å². The Bertz CT molecular complexity index is 3250. The molecule has 0 unspecified atom stereocenters. The van der Waals surface area contributed by atoms with Crippen LogP contribution in [-0.4, -0.2) is 15.8 Å². The molecule has 0 fully saturated rings. The summed E-state index contributed by atoms with van der Waals surface area (Å²) in [6, 6.07) is 60.9. The average Bonchev–Trinajstić information content (AvgIpc) is 3.75. The molecule has 8 aromatic carbocycles. The van der Waals surface area contributed by atoms with E-state index in [0.29, 0.717) is 0 Å². The molecule has 10 aromatic rings. The largest absolute Gasteiger partial charge is 0.458 e. The van der Waals surface area contributed by atoms with Gasteiger partial charge in [0, 0.05) is 74.7 Å². The monoisotopic (exact) mass is 761 g/mol. The highest BCUT2D eigenvalue weighted by atomic mass is 16.5. The molecule has 0 aliphatic carbocycles. The number of hydrogen-bond acceptors (Lipinski definition) is 3. The Morgan fingerprint density at radius 2 is 1.02 bits per heavy atom. The molecule has 0 saturated heterocycles. The van der Waals surface area contributed by atoms with Crippen LogP contribution in [0.25, 0.3) is 49.3 Å².